The molecule has 36 heavy (non-hydrogen) atoms. The molecule has 0 bridgehead atoms. The lowest BCUT2D eigenvalue weighted by Crippen LogP contribution is -2.41. The summed E-state index contributed by atoms with van der Waals surface area (Å²) in [6.07, 6.45) is 0. The maximum absolute atomic E-state index is 12.8. The van der Waals surface area contributed by atoms with Gasteiger partial charge in [0.25, 0.3) is 20.2 Å². The number of rotatable bonds is 9. The first kappa shape index (κ1) is 26.0. The van der Waals surface area contributed by atoms with Crippen LogP contribution in [0.4, 0.5) is 0 Å². The number of hydrogen-bond donors (Lipinski definition) is 0. The molecule has 0 spiro atoms. The minimum absolute atomic E-state index is 0.0156. The van der Waals surface area contributed by atoms with Crippen molar-refractivity contribution in [3.8, 4) is 0 Å². The molecule has 1 aliphatic heterocycles. The second-order valence-electron chi connectivity index (χ2n) is 8.85. The number of hydrogen-bond acceptors (Lipinski definition) is 8. The molecule has 0 radical (unpaired) electrons. The van der Waals surface area contributed by atoms with E-state index in [9.17, 15) is 16.8 Å². The molecule has 0 atom stereocenters. The Morgan fingerprint density at radius 2 is 1.08 bits per heavy atom. The molecule has 10 heteroatoms. The Balaban J connectivity index is 1.60. The average Bonchev–Trinajstić information content (AvgIpc) is 3.28. The molecule has 1 heterocycles. The third kappa shape index (κ3) is 6.01. The van der Waals surface area contributed by atoms with E-state index in [1.54, 1.807) is 24.3 Å². The van der Waals surface area contributed by atoms with Crippen LogP contribution in [-0.4, -0.2) is 48.1 Å². The molecule has 0 saturated heterocycles. The summed E-state index contributed by atoms with van der Waals surface area (Å²) in [5.41, 5.74) is 2.11. The fourth-order valence-corrected chi connectivity index (χ4v) is 5.40. The van der Waals surface area contributed by atoms with Crippen LogP contribution in [0, 0.1) is 20.8 Å². The van der Waals surface area contributed by atoms with Crippen molar-refractivity contribution in [2.24, 2.45) is 4.99 Å². The van der Waals surface area contributed by atoms with Crippen molar-refractivity contribution < 1.29 is 29.9 Å². The number of benzene rings is 3. The molecule has 1 aliphatic rings. The zero-order chi connectivity index (χ0) is 26.0. The predicted molar refractivity (Wildman–Crippen MR) is 135 cm³/mol. The summed E-state index contributed by atoms with van der Waals surface area (Å²) in [4.78, 5) is 4.53. The Kier molecular flexibility index (Phi) is 7.33. The van der Waals surface area contributed by atoms with E-state index in [2.05, 4.69) is 4.99 Å². The second kappa shape index (κ2) is 10.1. The summed E-state index contributed by atoms with van der Waals surface area (Å²) in [5.74, 6) is 0.252. The van der Waals surface area contributed by atoms with Gasteiger partial charge in [0.1, 0.15) is 12.1 Å². The maximum Gasteiger partial charge on any atom is 0.297 e. The zero-order valence-electron chi connectivity index (χ0n) is 20.2. The van der Waals surface area contributed by atoms with Crippen molar-refractivity contribution in [1.29, 1.82) is 0 Å². The van der Waals surface area contributed by atoms with Gasteiger partial charge < -0.3 is 4.74 Å². The van der Waals surface area contributed by atoms with Gasteiger partial charge in [-0.05, 0) is 57.2 Å². The van der Waals surface area contributed by atoms with Crippen LogP contribution in [0.25, 0.3) is 0 Å². The first-order chi connectivity index (χ1) is 17.0. The van der Waals surface area contributed by atoms with E-state index in [-0.39, 0.29) is 22.3 Å². The molecular formula is C26H27NO7S2. The normalized spacial score (nSPS) is 15.4. The smallest absolute Gasteiger partial charge is 0.297 e. The van der Waals surface area contributed by atoms with Crippen LogP contribution in [0.1, 0.15) is 22.3 Å². The zero-order valence-corrected chi connectivity index (χ0v) is 21.8. The Labute approximate surface area is 211 Å². The van der Waals surface area contributed by atoms with E-state index in [4.69, 9.17) is 13.1 Å². The standard InChI is InChI=1S/C26H27NO7S2/c1-19-4-10-22(11-5-19)25-27-26(16-32-25,17-33-35(28,29)23-12-6-20(2)7-13-23)18-34-36(30,31)24-14-8-21(3)9-15-24/h4-15H,16-18H2,1-3H3. The quantitative estimate of drug-likeness (QED) is 0.386. The van der Waals surface area contributed by atoms with Gasteiger partial charge in [-0.1, -0.05) is 53.1 Å². The van der Waals surface area contributed by atoms with E-state index >= 15 is 0 Å². The van der Waals surface area contributed by atoms with E-state index in [0.29, 0.717) is 5.56 Å². The molecule has 0 amide bonds. The molecule has 3 aromatic rings. The van der Waals surface area contributed by atoms with Gasteiger partial charge in [0.15, 0.2) is 0 Å². The predicted octanol–water partition coefficient (Wildman–Crippen LogP) is 3.94. The van der Waals surface area contributed by atoms with Gasteiger partial charge in [0.05, 0.1) is 23.0 Å². The fraction of sp³-hybridized carbons (Fsp3) is 0.269. The third-order valence-corrected chi connectivity index (χ3v) is 8.25. The van der Waals surface area contributed by atoms with Crippen molar-refractivity contribution >= 4 is 26.1 Å². The minimum atomic E-state index is -4.13. The van der Waals surface area contributed by atoms with Gasteiger partial charge in [0, 0.05) is 5.56 Å². The monoisotopic (exact) mass is 529 g/mol. The summed E-state index contributed by atoms with van der Waals surface area (Å²) >= 11 is 0. The lowest BCUT2D eigenvalue weighted by Gasteiger charge is -2.23. The van der Waals surface area contributed by atoms with Crippen LogP contribution in [0.15, 0.2) is 87.6 Å². The maximum atomic E-state index is 12.8. The van der Waals surface area contributed by atoms with E-state index in [1.165, 1.54) is 24.3 Å². The first-order valence-corrected chi connectivity index (χ1v) is 14.0. The van der Waals surface area contributed by atoms with Crippen molar-refractivity contribution in [1.82, 2.24) is 0 Å². The molecule has 8 nitrogen and oxygen atoms in total. The Hall–Kier alpha value is -3.05. The molecule has 0 aromatic heterocycles. The third-order valence-electron chi connectivity index (χ3n) is 5.70. The Morgan fingerprint density at radius 1 is 0.694 bits per heavy atom. The largest absolute Gasteiger partial charge is 0.475 e. The van der Waals surface area contributed by atoms with Gasteiger partial charge in [-0.3, -0.25) is 8.37 Å². The number of ether oxygens (including phenoxy) is 1. The van der Waals surface area contributed by atoms with Gasteiger partial charge in [-0.2, -0.15) is 16.8 Å². The molecule has 0 aliphatic carbocycles. The van der Waals surface area contributed by atoms with Crippen LogP contribution in [-0.2, 0) is 33.3 Å². The van der Waals surface area contributed by atoms with Crippen LogP contribution in [0.3, 0.4) is 0 Å². The second-order valence-corrected chi connectivity index (χ2v) is 12.1. The van der Waals surface area contributed by atoms with E-state index in [0.717, 1.165) is 16.7 Å². The molecule has 190 valence electrons. The molecule has 4 rings (SSSR count). The van der Waals surface area contributed by atoms with Crippen molar-refractivity contribution in [3.05, 3.63) is 95.1 Å². The highest BCUT2D eigenvalue weighted by Gasteiger charge is 2.41. The summed E-state index contributed by atoms with van der Waals surface area (Å²) in [7, 11) is -8.26. The first-order valence-electron chi connectivity index (χ1n) is 11.2. The Bertz CT molecular complexity index is 1380. The lowest BCUT2D eigenvalue weighted by molar-refractivity contribution is 0.124. The molecular weight excluding hydrogens is 502 g/mol. The molecule has 0 N–H and O–H groups in total. The highest BCUT2D eigenvalue weighted by atomic mass is 32.2. The van der Waals surface area contributed by atoms with Gasteiger partial charge in [0.2, 0.25) is 5.90 Å². The van der Waals surface area contributed by atoms with Gasteiger partial charge in [-0.15, -0.1) is 0 Å². The van der Waals surface area contributed by atoms with Crippen molar-refractivity contribution in [3.63, 3.8) is 0 Å². The lowest BCUT2D eigenvalue weighted by atomic mass is 10.1. The molecule has 0 unspecified atom stereocenters. The molecule has 0 saturated carbocycles. The molecule has 0 fully saturated rings. The average molecular weight is 530 g/mol. The topological polar surface area (TPSA) is 108 Å². The van der Waals surface area contributed by atoms with Gasteiger partial charge in [-0.25, -0.2) is 4.99 Å². The summed E-state index contributed by atoms with van der Waals surface area (Å²) < 4.78 is 67.7. The number of aryl methyl sites for hydroxylation is 3. The highest BCUT2D eigenvalue weighted by Crippen LogP contribution is 2.27. The van der Waals surface area contributed by atoms with Crippen LogP contribution in [0.2, 0.25) is 0 Å². The van der Waals surface area contributed by atoms with E-state index in [1.807, 2.05) is 45.0 Å². The highest BCUT2D eigenvalue weighted by molar-refractivity contribution is 7.87. The fourth-order valence-electron chi connectivity index (χ4n) is 3.44. The van der Waals surface area contributed by atoms with Crippen molar-refractivity contribution in [2.45, 2.75) is 36.1 Å². The van der Waals surface area contributed by atoms with E-state index < -0.39 is 39.0 Å². The van der Waals surface area contributed by atoms with Gasteiger partial charge >= 0.3 is 0 Å². The Morgan fingerprint density at radius 3 is 1.50 bits per heavy atom. The van der Waals surface area contributed by atoms with Crippen LogP contribution in [0.5, 0.6) is 0 Å². The number of nitrogens with zero attached hydrogens (tertiary/aromatic N) is 1. The van der Waals surface area contributed by atoms with Crippen LogP contribution < -0.4 is 0 Å². The number of aliphatic imine (C=N–C) groups is 1. The summed E-state index contributed by atoms with van der Waals surface area (Å²) in [6.45, 7) is 4.57. The van der Waals surface area contributed by atoms with Crippen LogP contribution >= 0.6 is 0 Å². The summed E-state index contributed by atoms with van der Waals surface area (Å²) in [5, 5.41) is 0. The minimum Gasteiger partial charge on any atom is -0.475 e. The summed E-state index contributed by atoms with van der Waals surface area (Å²) in [6, 6.07) is 19.8. The SMILES string of the molecule is Cc1ccc(C2=NC(COS(=O)(=O)c3ccc(C)cc3)(COS(=O)(=O)c3ccc(C)cc3)CO2)cc1. The molecule has 3 aromatic carbocycles. The van der Waals surface area contributed by atoms with Crippen molar-refractivity contribution in [2.75, 3.05) is 19.8 Å².